The molecule has 5 rings (SSSR count). The standard InChI is InChI=1S/C77H130O20/c1-45-22-28-56(78)36-59-18-16-20-61(94-59)40-67(90-14)38-58(80)39-68(81)52(8)76(54(10)74(86)47(3)26-30-63-41-65(88-12)34-49(5)92-63)96-72(84)32-24-46(2)23-29-57(79)37-60-19-17-21-62(95-60)43-71(91-15)51(7)69(82)44-70(83)53(9)77(97-73(85)33-25-45)55(11)75(87)48(4)27-31-64-42-66(89-13)35-50(6)93-64/h16-19,22-25,32-33,47-71,74-83,86-87H,20-21,26-31,34-44H2,1-15H3/b32-24+,33-25+,45-22+,46-23+. The van der Waals surface area contributed by atoms with Gasteiger partial charge < -0.3 is 88.2 Å². The molecule has 0 aromatic heterocycles. The van der Waals surface area contributed by atoms with E-state index in [0.717, 1.165) is 25.7 Å². The number of carbonyl (C=O) groups is 2. The van der Waals surface area contributed by atoms with Crippen molar-refractivity contribution in [2.75, 3.05) is 28.4 Å². The molecule has 0 spiro atoms. The molecule has 0 aliphatic carbocycles. The minimum Gasteiger partial charge on any atom is -0.458 e. The predicted octanol–water partition coefficient (Wildman–Crippen LogP) is 9.86. The molecule has 20 heteroatoms. The molecule has 0 aromatic carbocycles. The highest BCUT2D eigenvalue weighted by Crippen LogP contribution is 2.36. The minimum atomic E-state index is -1.16. The fourth-order valence-electron chi connectivity index (χ4n) is 15.1. The van der Waals surface area contributed by atoms with Crippen LogP contribution in [-0.4, -0.2) is 216 Å². The smallest absolute Gasteiger partial charge is 0.331 e. The SMILES string of the molecule is COC1CC(C)OC(CCC(C)C(O)C(C)C2OC(=O)/C=C/C(C)=C/CC(O)CC3C=CCC(CC(OC)C(C)C(O)CC(O)C(C)C(C(C)C(O)C(C)CCC4CC(OC)CC(C)O4)OC(=O)/C=C/C(C)=C/CC(O)CC4C=CCC(CC(OC)CC(O)CC(O)C2C)O4)O3)C1. The maximum Gasteiger partial charge on any atom is 0.331 e. The van der Waals surface area contributed by atoms with Crippen molar-refractivity contribution in [1.29, 1.82) is 0 Å². The second kappa shape index (κ2) is 43.0. The van der Waals surface area contributed by atoms with Gasteiger partial charge in [-0.25, -0.2) is 9.59 Å². The Morgan fingerprint density at radius 3 is 1.28 bits per heavy atom. The van der Waals surface area contributed by atoms with Crippen LogP contribution in [0.3, 0.4) is 0 Å². The number of aliphatic hydroxyl groups excluding tert-OH is 8. The molecule has 8 N–H and O–H groups in total. The second-order valence-corrected chi connectivity index (χ2v) is 29.9. The summed E-state index contributed by atoms with van der Waals surface area (Å²) in [5.41, 5.74) is 1.39. The zero-order valence-corrected chi connectivity index (χ0v) is 61.4. The Labute approximate surface area is 581 Å². The van der Waals surface area contributed by atoms with Crippen LogP contribution in [0.2, 0.25) is 0 Å². The highest BCUT2D eigenvalue weighted by molar-refractivity contribution is 5.83. The molecule has 29 atom stereocenters. The van der Waals surface area contributed by atoms with E-state index in [4.69, 9.17) is 47.4 Å². The molecule has 5 heterocycles. The molecule has 29 unspecified atom stereocenters. The first-order chi connectivity index (χ1) is 46.0. The molecule has 558 valence electrons. The normalized spacial score (nSPS) is 40.6. The third-order valence-corrected chi connectivity index (χ3v) is 21.7. The van der Waals surface area contributed by atoms with Crippen LogP contribution in [0, 0.1) is 41.4 Å². The van der Waals surface area contributed by atoms with E-state index in [0.29, 0.717) is 62.5 Å². The van der Waals surface area contributed by atoms with E-state index in [1.165, 1.54) is 12.2 Å². The Bertz CT molecular complexity index is 2450. The van der Waals surface area contributed by atoms with E-state index in [9.17, 15) is 50.4 Å². The molecule has 0 aromatic rings. The summed E-state index contributed by atoms with van der Waals surface area (Å²) in [5, 5.41) is 93.9. The zero-order valence-electron chi connectivity index (χ0n) is 61.4. The van der Waals surface area contributed by atoms with Gasteiger partial charge in [-0.1, -0.05) is 108 Å². The number of hydrogen-bond acceptors (Lipinski definition) is 20. The first kappa shape index (κ1) is 84.4. The number of carbonyl (C=O) groups excluding carboxylic acids is 2. The van der Waals surface area contributed by atoms with Crippen LogP contribution < -0.4 is 0 Å². The number of aliphatic hydroxyl groups is 8. The Hall–Kier alpha value is -3.26. The fourth-order valence-corrected chi connectivity index (χ4v) is 15.1. The van der Waals surface area contributed by atoms with Gasteiger partial charge in [0, 0.05) is 95.9 Å². The van der Waals surface area contributed by atoms with Crippen molar-refractivity contribution >= 4 is 11.9 Å². The Morgan fingerprint density at radius 2 is 0.856 bits per heavy atom. The lowest BCUT2D eigenvalue weighted by Gasteiger charge is -2.38. The number of allylic oxidation sites excluding steroid dienone is 4. The summed E-state index contributed by atoms with van der Waals surface area (Å²) in [7, 11) is 6.57. The largest absolute Gasteiger partial charge is 0.458 e. The van der Waals surface area contributed by atoms with Gasteiger partial charge in [-0.2, -0.15) is 0 Å². The Kier molecular flexibility index (Phi) is 37.4. The van der Waals surface area contributed by atoms with Gasteiger partial charge in [-0.15, -0.1) is 0 Å². The number of fused-ring (bicyclic) bond motifs is 4. The van der Waals surface area contributed by atoms with Gasteiger partial charge in [0.25, 0.3) is 0 Å². The number of hydrogen-bond donors (Lipinski definition) is 8. The maximum absolute atomic E-state index is 13.9. The van der Waals surface area contributed by atoms with Crippen molar-refractivity contribution in [2.45, 2.75) is 332 Å². The summed E-state index contributed by atoms with van der Waals surface area (Å²) >= 11 is 0. The molecular weight excluding hydrogens is 1240 g/mol. The van der Waals surface area contributed by atoms with E-state index in [1.54, 1.807) is 54.4 Å². The number of esters is 2. The summed E-state index contributed by atoms with van der Waals surface area (Å²) < 4.78 is 61.1. The van der Waals surface area contributed by atoms with Crippen LogP contribution in [0.1, 0.15) is 198 Å². The van der Waals surface area contributed by atoms with E-state index in [-0.39, 0.29) is 106 Å². The highest BCUT2D eigenvalue weighted by atomic mass is 16.6. The Morgan fingerprint density at radius 1 is 0.454 bits per heavy atom. The van der Waals surface area contributed by atoms with Crippen molar-refractivity contribution in [1.82, 2.24) is 0 Å². The molecule has 0 radical (unpaired) electrons. The topological polar surface area (TPSA) is 288 Å². The number of methoxy groups -OCH3 is 4. The first-order valence-corrected chi connectivity index (χ1v) is 36.6. The predicted molar refractivity (Wildman–Crippen MR) is 373 cm³/mol. The third-order valence-electron chi connectivity index (χ3n) is 21.7. The van der Waals surface area contributed by atoms with Crippen LogP contribution in [0.25, 0.3) is 0 Å². The quantitative estimate of drug-likeness (QED) is 0.0527. The molecule has 0 amide bonds. The molecule has 5 aliphatic heterocycles. The van der Waals surface area contributed by atoms with E-state index in [1.807, 2.05) is 98.8 Å². The maximum atomic E-state index is 13.9. The molecule has 97 heavy (non-hydrogen) atoms. The van der Waals surface area contributed by atoms with Gasteiger partial charge in [-0.3, -0.25) is 0 Å². The molecule has 0 saturated carbocycles. The van der Waals surface area contributed by atoms with Crippen molar-refractivity contribution in [3.8, 4) is 0 Å². The third kappa shape index (κ3) is 28.8. The van der Waals surface area contributed by atoms with Gasteiger partial charge >= 0.3 is 11.9 Å². The van der Waals surface area contributed by atoms with Gasteiger partial charge in [0.1, 0.15) is 12.2 Å². The number of rotatable bonds is 16. The van der Waals surface area contributed by atoms with E-state index in [2.05, 4.69) is 0 Å². The molecule has 20 nitrogen and oxygen atoms in total. The van der Waals surface area contributed by atoms with Crippen molar-refractivity contribution in [2.24, 2.45) is 41.4 Å². The van der Waals surface area contributed by atoms with Crippen LogP contribution in [0.4, 0.5) is 0 Å². The van der Waals surface area contributed by atoms with Gasteiger partial charge in [0.15, 0.2) is 0 Å². The second-order valence-electron chi connectivity index (χ2n) is 29.9. The monoisotopic (exact) mass is 1370 g/mol. The van der Waals surface area contributed by atoms with Crippen LogP contribution in [0.15, 0.2) is 71.9 Å². The summed E-state index contributed by atoms with van der Waals surface area (Å²) in [5.74, 6) is -5.00. The van der Waals surface area contributed by atoms with Crippen molar-refractivity contribution in [3.63, 3.8) is 0 Å². The van der Waals surface area contributed by atoms with E-state index < -0.39 is 127 Å². The van der Waals surface area contributed by atoms with Crippen LogP contribution in [0.5, 0.6) is 0 Å². The van der Waals surface area contributed by atoms with Crippen LogP contribution >= 0.6 is 0 Å². The molecule has 2 fully saturated rings. The van der Waals surface area contributed by atoms with Gasteiger partial charge in [0.05, 0.1) is 122 Å². The molecule has 4 bridgehead atoms. The highest BCUT2D eigenvalue weighted by Gasteiger charge is 2.42. The lowest BCUT2D eigenvalue weighted by molar-refractivity contribution is -0.158. The molecule has 2 saturated heterocycles. The minimum absolute atomic E-state index is 0.0265. The number of cyclic esters (lactones) is 2. The average Bonchev–Trinajstić information content (AvgIpc) is 0.897. The fraction of sp³-hybridized carbons (Fsp3) is 0.818. The van der Waals surface area contributed by atoms with Crippen molar-refractivity contribution in [3.05, 3.63) is 71.9 Å². The summed E-state index contributed by atoms with van der Waals surface area (Å²) in [6.07, 6.45) is 14.5. The lowest BCUT2D eigenvalue weighted by atomic mass is 9.78. The van der Waals surface area contributed by atoms with Crippen LogP contribution in [-0.2, 0) is 57.0 Å². The Balaban J connectivity index is 1.35. The first-order valence-electron chi connectivity index (χ1n) is 36.6. The molecule has 5 aliphatic rings. The molecular formula is C77H130O20. The van der Waals surface area contributed by atoms with Crippen molar-refractivity contribution < 1.29 is 97.8 Å². The van der Waals surface area contributed by atoms with E-state index >= 15 is 0 Å². The lowest BCUT2D eigenvalue weighted by Crippen LogP contribution is -2.45. The number of ether oxygens (including phenoxy) is 10. The summed E-state index contributed by atoms with van der Waals surface area (Å²) in [6.45, 7) is 20.7. The summed E-state index contributed by atoms with van der Waals surface area (Å²) in [4.78, 5) is 27.7. The van der Waals surface area contributed by atoms with Gasteiger partial charge in [-0.05, 0) is 136 Å². The zero-order chi connectivity index (χ0) is 71.6. The summed E-state index contributed by atoms with van der Waals surface area (Å²) in [6, 6.07) is 0. The van der Waals surface area contributed by atoms with Gasteiger partial charge in [0.2, 0.25) is 0 Å². The average molecular weight is 1380 g/mol.